The van der Waals surface area contributed by atoms with Crippen molar-refractivity contribution in [3.63, 3.8) is 0 Å². The molecule has 1 aromatic heterocycles. The molecule has 0 bridgehead atoms. The van der Waals surface area contributed by atoms with E-state index in [1.807, 2.05) is 0 Å². The number of ketones is 1. The Morgan fingerprint density at radius 3 is 2.45 bits per heavy atom. The van der Waals surface area contributed by atoms with E-state index in [0.29, 0.717) is 9.21 Å². The summed E-state index contributed by atoms with van der Waals surface area (Å²) < 4.78 is 0.558. The summed E-state index contributed by atoms with van der Waals surface area (Å²) in [5.41, 5.74) is 0. The van der Waals surface area contributed by atoms with Crippen molar-refractivity contribution in [2.75, 3.05) is 0 Å². The van der Waals surface area contributed by atoms with Gasteiger partial charge in [0.15, 0.2) is 4.84 Å². The third kappa shape index (κ3) is 2.34. The second-order valence-electron chi connectivity index (χ2n) is 1.77. The molecule has 0 saturated carbocycles. The molecule has 1 nitrogen and oxygen atoms in total. The molecule has 0 saturated heterocycles. The lowest BCUT2D eigenvalue weighted by atomic mass is 10.3. The van der Waals surface area contributed by atoms with Gasteiger partial charge in [0.1, 0.15) is 0 Å². The van der Waals surface area contributed by atoms with E-state index in [0.717, 1.165) is 0 Å². The molecule has 60 valence electrons. The van der Waals surface area contributed by atoms with Crippen LogP contribution >= 0.6 is 46.1 Å². The number of carbonyl (C=O) groups is 1. The molecule has 11 heavy (non-hydrogen) atoms. The van der Waals surface area contributed by atoms with Gasteiger partial charge in [-0.15, -0.1) is 11.3 Å². The van der Waals surface area contributed by atoms with Gasteiger partial charge in [-0.05, 0) is 12.1 Å². The summed E-state index contributed by atoms with van der Waals surface area (Å²) >= 11 is 17.5. The average molecular weight is 230 g/mol. The molecular weight excluding hydrogens is 226 g/mol. The number of rotatable bonds is 2. The zero-order chi connectivity index (χ0) is 8.43. The predicted octanol–water partition coefficient (Wildman–Crippen LogP) is 3.39. The standard InChI is InChI=1S/C6H3Cl3OS/c7-4-2-1-3(11-4)5(10)6(8)9/h1-2,6H. The van der Waals surface area contributed by atoms with Crippen LogP contribution in [0.2, 0.25) is 4.34 Å². The van der Waals surface area contributed by atoms with E-state index in [1.165, 1.54) is 11.3 Å². The van der Waals surface area contributed by atoms with Crippen molar-refractivity contribution in [3.05, 3.63) is 21.3 Å². The van der Waals surface area contributed by atoms with Crippen molar-refractivity contribution in [2.24, 2.45) is 0 Å². The second kappa shape index (κ2) is 3.76. The predicted molar refractivity (Wildman–Crippen MR) is 49.2 cm³/mol. The molecule has 0 radical (unpaired) electrons. The topological polar surface area (TPSA) is 17.1 Å². The third-order valence-electron chi connectivity index (χ3n) is 1.01. The number of Topliss-reactive ketones (excluding diaryl/α,β-unsaturated/α-hetero) is 1. The van der Waals surface area contributed by atoms with Crippen molar-refractivity contribution >= 4 is 51.9 Å². The van der Waals surface area contributed by atoms with Crippen molar-refractivity contribution in [2.45, 2.75) is 4.84 Å². The van der Waals surface area contributed by atoms with Gasteiger partial charge in [0, 0.05) is 0 Å². The van der Waals surface area contributed by atoms with Crippen molar-refractivity contribution in [3.8, 4) is 0 Å². The highest BCUT2D eigenvalue weighted by Crippen LogP contribution is 2.24. The Labute approximate surface area is 82.9 Å². The van der Waals surface area contributed by atoms with Gasteiger partial charge >= 0.3 is 0 Å². The van der Waals surface area contributed by atoms with Crippen LogP contribution in [0, 0.1) is 0 Å². The maximum Gasteiger partial charge on any atom is 0.205 e. The maximum absolute atomic E-state index is 11.0. The Balaban J connectivity index is 2.85. The highest BCUT2D eigenvalue weighted by Gasteiger charge is 2.15. The summed E-state index contributed by atoms with van der Waals surface area (Å²) in [7, 11) is 0. The lowest BCUT2D eigenvalue weighted by Crippen LogP contribution is -2.05. The molecule has 0 amide bonds. The number of carbonyl (C=O) groups excluding carboxylic acids is 1. The first-order valence-electron chi connectivity index (χ1n) is 2.69. The van der Waals surface area contributed by atoms with E-state index in [-0.39, 0.29) is 5.78 Å². The van der Waals surface area contributed by atoms with E-state index in [1.54, 1.807) is 12.1 Å². The summed E-state index contributed by atoms with van der Waals surface area (Å²) in [4.78, 5) is 10.5. The van der Waals surface area contributed by atoms with Crippen LogP contribution in [0.4, 0.5) is 0 Å². The van der Waals surface area contributed by atoms with E-state index < -0.39 is 4.84 Å². The van der Waals surface area contributed by atoms with E-state index in [9.17, 15) is 4.79 Å². The van der Waals surface area contributed by atoms with Crippen LogP contribution in [0.5, 0.6) is 0 Å². The molecule has 5 heteroatoms. The molecule has 0 fully saturated rings. The van der Waals surface area contributed by atoms with Crippen LogP contribution in [-0.2, 0) is 0 Å². The van der Waals surface area contributed by atoms with Crippen molar-refractivity contribution < 1.29 is 4.79 Å². The zero-order valence-electron chi connectivity index (χ0n) is 5.18. The minimum absolute atomic E-state index is 0.301. The van der Waals surface area contributed by atoms with E-state index in [2.05, 4.69) is 0 Å². The first-order valence-corrected chi connectivity index (χ1v) is 4.75. The van der Waals surface area contributed by atoms with Crippen LogP contribution in [0.3, 0.4) is 0 Å². The Morgan fingerprint density at radius 1 is 1.45 bits per heavy atom. The second-order valence-corrected chi connectivity index (χ2v) is 4.58. The highest BCUT2D eigenvalue weighted by atomic mass is 35.5. The minimum Gasteiger partial charge on any atom is -0.290 e. The van der Waals surface area contributed by atoms with Gasteiger partial charge < -0.3 is 0 Å². The maximum atomic E-state index is 11.0. The highest BCUT2D eigenvalue weighted by molar-refractivity contribution is 7.18. The first-order chi connectivity index (χ1) is 5.11. The molecule has 1 heterocycles. The molecule has 0 N–H and O–H groups in total. The quantitative estimate of drug-likeness (QED) is 0.561. The third-order valence-corrected chi connectivity index (χ3v) is 2.66. The largest absolute Gasteiger partial charge is 0.290 e. The van der Waals surface area contributed by atoms with Gasteiger partial charge in [0.05, 0.1) is 9.21 Å². The summed E-state index contributed by atoms with van der Waals surface area (Å²) in [6.45, 7) is 0. The van der Waals surface area contributed by atoms with E-state index in [4.69, 9.17) is 34.8 Å². The molecular formula is C6H3Cl3OS. The number of alkyl halides is 2. The fourth-order valence-corrected chi connectivity index (χ4v) is 1.93. The van der Waals surface area contributed by atoms with Gasteiger partial charge in [0.2, 0.25) is 5.78 Å². The fourth-order valence-electron chi connectivity index (χ4n) is 0.554. The summed E-state index contributed by atoms with van der Waals surface area (Å²) in [6, 6.07) is 3.24. The first kappa shape index (κ1) is 9.33. The molecule has 0 spiro atoms. The van der Waals surface area contributed by atoms with Crippen LogP contribution in [0.25, 0.3) is 0 Å². The lowest BCUT2D eigenvalue weighted by molar-refractivity contribution is 0.101. The molecule has 0 atom stereocenters. The summed E-state index contributed by atoms with van der Waals surface area (Å²) in [6.07, 6.45) is 0. The fraction of sp³-hybridized carbons (Fsp3) is 0.167. The lowest BCUT2D eigenvalue weighted by Gasteiger charge is -1.94. The number of hydrogen-bond acceptors (Lipinski definition) is 2. The van der Waals surface area contributed by atoms with Crippen molar-refractivity contribution in [1.29, 1.82) is 0 Å². The van der Waals surface area contributed by atoms with Crippen LogP contribution < -0.4 is 0 Å². The molecule has 0 unspecified atom stereocenters. The smallest absolute Gasteiger partial charge is 0.205 e. The SMILES string of the molecule is O=C(c1ccc(Cl)s1)C(Cl)Cl. The Kier molecular flexibility index (Phi) is 3.19. The molecule has 1 aromatic rings. The zero-order valence-corrected chi connectivity index (χ0v) is 8.27. The Bertz CT molecular complexity index is 269. The normalized spacial score (nSPS) is 10.5. The Morgan fingerprint density at radius 2 is 2.09 bits per heavy atom. The molecule has 0 aliphatic heterocycles. The molecule has 0 aliphatic carbocycles. The van der Waals surface area contributed by atoms with Crippen LogP contribution in [-0.4, -0.2) is 10.6 Å². The van der Waals surface area contributed by atoms with Crippen molar-refractivity contribution in [1.82, 2.24) is 0 Å². The molecule has 0 aliphatic rings. The average Bonchev–Trinajstić information content (AvgIpc) is 2.34. The van der Waals surface area contributed by atoms with Crippen LogP contribution in [0.15, 0.2) is 12.1 Å². The van der Waals surface area contributed by atoms with Gasteiger partial charge in [-0.25, -0.2) is 0 Å². The monoisotopic (exact) mass is 228 g/mol. The summed E-state index contributed by atoms with van der Waals surface area (Å²) in [5.74, 6) is -0.301. The molecule has 1 rings (SSSR count). The Hall–Kier alpha value is 0.240. The van der Waals surface area contributed by atoms with E-state index >= 15 is 0 Å². The van der Waals surface area contributed by atoms with Gasteiger partial charge in [-0.1, -0.05) is 34.8 Å². The van der Waals surface area contributed by atoms with Gasteiger partial charge in [0.25, 0.3) is 0 Å². The van der Waals surface area contributed by atoms with Crippen LogP contribution in [0.1, 0.15) is 9.67 Å². The molecule has 0 aromatic carbocycles. The number of halogens is 3. The number of thiophene rings is 1. The minimum atomic E-state index is -0.996. The van der Waals surface area contributed by atoms with Gasteiger partial charge in [-0.3, -0.25) is 4.79 Å². The summed E-state index contributed by atoms with van der Waals surface area (Å²) in [5, 5.41) is 0. The number of hydrogen-bond donors (Lipinski definition) is 0. The van der Waals surface area contributed by atoms with Gasteiger partial charge in [-0.2, -0.15) is 0 Å².